The predicted molar refractivity (Wildman–Crippen MR) is 64.5 cm³/mol. The number of carbonyl (C=O) groups excluding carboxylic acids is 1. The van der Waals surface area contributed by atoms with Gasteiger partial charge < -0.3 is 0 Å². The van der Waals surface area contributed by atoms with Gasteiger partial charge in [0.1, 0.15) is 0 Å². The van der Waals surface area contributed by atoms with Gasteiger partial charge in [0.25, 0.3) is 0 Å². The fourth-order valence-electron chi connectivity index (χ4n) is 3.27. The van der Waals surface area contributed by atoms with E-state index in [1.54, 1.807) is 0 Å². The lowest BCUT2D eigenvalue weighted by atomic mass is 9.68. The van der Waals surface area contributed by atoms with E-state index in [4.69, 9.17) is 0 Å². The van der Waals surface area contributed by atoms with Crippen molar-refractivity contribution in [1.82, 2.24) is 0 Å². The van der Waals surface area contributed by atoms with Gasteiger partial charge in [-0.25, -0.2) is 0 Å². The van der Waals surface area contributed by atoms with Gasteiger partial charge in [-0.3, -0.25) is 4.79 Å². The lowest BCUT2D eigenvalue weighted by molar-refractivity contribution is 0.0818. The molecular formula is C15H16O. The SMILES string of the molecule is C=C1CCC[C@]12CCc1ccccc1C2=O. The number of benzene rings is 1. The Labute approximate surface area is 96.2 Å². The molecule has 2 aliphatic carbocycles. The highest BCUT2D eigenvalue weighted by atomic mass is 16.1. The highest BCUT2D eigenvalue weighted by molar-refractivity contribution is 6.04. The first kappa shape index (κ1) is 9.83. The van der Waals surface area contributed by atoms with Crippen LogP contribution in [0, 0.1) is 5.41 Å². The average molecular weight is 212 g/mol. The number of carbonyl (C=O) groups is 1. The number of fused-ring (bicyclic) bond motifs is 1. The van der Waals surface area contributed by atoms with Crippen molar-refractivity contribution in [2.45, 2.75) is 32.1 Å². The van der Waals surface area contributed by atoms with E-state index < -0.39 is 0 Å². The van der Waals surface area contributed by atoms with Gasteiger partial charge in [0.05, 0.1) is 5.41 Å². The topological polar surface area (TPSA) is 17.1 Å². The first-order valence-electron chi connectivity index (χ1n) is 6.05. The first-order valence-corrected chi connectivity index (χ1v) is 6.05. The molecule has 82 valence electrons. The van der Waals surface area contributed by atoms with Crippen LogP contribution in [0.3, 0.4) is 0 Å². The minimum absolute atomic E-state index is 0.200. The maximum atomic E-state index is 12.6. The first-order chi connectivity index (χ1) is 7.74. The third-order valence-corrected chi connectivity index (χ3v) is 4.28. The molecule has 0 radical (unpaired) electrons. The van der Waals surface area contributed by atoms with Crippen LogP contribution in [-0.2, 0) is 6.42 Å². The normalized spacial score (nSPS) is 28.5. The van der Waals surface area contributed by atoms with Gasteiger partial charge in [-0.2, -0.15) is 0 Å². The Morgan fingerprint density at radius 2 is 1.94 bits per heavy atom. The van der Waals surface area contributed by atoms with E-state index >= 15 is 0 Å². The predicted octanol–water partition coefficient (Wildman–Crippen LogP) is 3.54. The van der Waals surface area contributed by atoms with Crippen molar-refractivity contribution >= 4 is 5.78 Å². The zero-order valence-corrected chi connectivity index (χ0v) is 9.46. The van der Waals surface area contributed by atoms with E-state index in [-0.39, 0.29) is 5.41 Å². The van der Waals surface area contributed by atoms with Crippen LogP contribution in [0.5, 0.6) is 0 Å². The Balaban J connectivity index is 2.10. The van der Waals surface area contributed by atoms with Crippen LogP contribution in [-0.4, -0.2) is 5.78 Å². The van der Waals surface area contributed by atoms with Gasteiger partial charge in [0.15, 0.2) is 5.78 Å². The van der Waals surface area contributed by atoms with Crippen molar-refractivity contribution in [1.29, 1.82) is 0 Å². The Bertz CT molecular complexity index is 472. The van der Waals surface area contributed by atoms with Crippen molar-refractivity contribution in [3.63, 3.8) is 0 Å². The molecule has 1 fully saturated rings. The van der Waals surface area contributed by atoms with Crippen LogP contribution in [0.2, 0.25) is 0 Å². The lowest BCUT2D eigenvalue weighted by Gasteiger charge is -2.34. The summed E-state index contributed by atoms with van der Waals surface area (Å²) >= 11 is 0. The third-order valence-electron chi connectivity index (χ3n) is 4.28. The second-order valence-corrected chi connectivity index (χ2v) is 5.03. The molecule has 0 heterocycles. The summed E-state index contributed by atoms with van der Waals surface area (Å²) in [6, 6.07) is 8.04. The summed E-state index contributed by atoms with van der Waals surface area (Å²) in [5.41, 5.74) is 3.13. The Morgan fingerprint density at radius 3 is 2.69 bits per heavy atom. The molecule has 1 atom stereocenters. The number of ketones is 1. The molecule has 1 nitrogen and oxygen atoms in total. The number of Topliss-reactive ketones (excluding diaryl/α,β-unsaturated/α-hetero) is 1. The molecule has 1 spiro atoms. The Kier molecular flexibility index (Phi) is 2.03. The van der Waals surface area contributed by atoms with Crippen LogP contribution < -0.4 is 0 Å². The molecule has 16 heavy (non-hydrogen) atoms. The van der Waals surface area contributed by atoms with Gasteiger partial charge >= 0.3 is 0 Å². The van der Waals surface area contributed by atoms with Crippen LogP contribution in [0.25, 0.3) is 0 Å². The molecule has 0 unspecified atom stereocenters. The third kappa shape index (κ3) is 1.14. The number of allylic oxidation sites excluding steroid dienone is 1. The summed E-state index contributed by atoms with van der Waals surface area (Å²) in [6.45, 7) is 4.13. The van der Waals surface area contributed by atoms with E-state index in [0.29, 0.717) is 5.78 Å². The number of rotatable bonds is 0. The second-order valence-electron chi connectivity index (χ2n) is 5.03. The van der Waals surface area contributed by atoms with E-state index in [0.717, 1.165) is 37.7 Å². The number of hydrogen-bond donors (Lipinski definition) is 0. The molecule has 1 aromatic rings. The van der Waals surface area contributed by atoms with Crippen molar-refractivity contribution in [2.24, 2.45) is 5.41 Å². The fraction of sp³-hybridized carbons (Fsp3) is 0.400. The van der Waals surface area contributed by atoms with Gasteiger partial charge in [-0.1, -0.05) is 36.4 Å². The smallest absolute Gasteiger partial charge is 0.173 e. The molecule has 2 aliphatic rings. The number of hydrogen-bond acceptors (Lipinski definition) is 1. The summed E-state index contributed by atoms with van der Waals surface area (Å²) in [5.74, 6) is 0.330. The summed E-state index contributed by atoms with van der Waals surface area (Å²) < 4.78 is 0. The lowest BCUT2D eigenvalue weighted by Crippen LogP contribution is -2.34. The molecule has 1 saturated carbocycles. The van der Waals surface area contributed by atoms with Gasteiger partial charge in [-0.15, -0.1) is 0 Å². The van der Waals surface area contributed by atoms with Crippen molar-refractivity contribution < 1.29 is 4.79 Å². The van der Waals surface area contributed by atoms with Gasteiger partial charge in [0, 0.05) is 5.56 Å². The zero-order chi connectivity index (χ0) is 11.2. The summed E-state index contributed by atoms with van der Waals surface area (Å²) in [6.07, 6.45) is 5.18. The molecule has 0 bridgehead atoms. The average Bonchev–Trinajstić information content (AvgIpc) is 2.67. The molecule has 3 rings (SSSR count). The Morgan fingerprint density at radius 1 is 1.12 bits per heavy atom. The number of aryl methyl sites for hydroxylation is 1. The maximum absolute atomic E-state index is 12.6. The summed E-state index contributed by atoms with van der Waals surface area (Å²) in [4.78, 5) is 12.6. The molecule has 0 N–H and O–H groups in total. The highest BCUT2D eigenvalue weighted by Gasteiger charge is 2.46. The molecular weight excluding hydrogens is 196 g/mol. The van der Waals surface area contributed by atoms with Gasteiger partial charge in [0.2, 0.25) is 0 Å². The van der Waals surface area contributed by atoms with Crippen molar-refractivity contribution in [2.75, 3.05) is 0 Å². The van der Waals surface area contributed by atoms with Crippen molar-refractivity contribution in [3.8, 4) is 0 Å². The molecule has 1 heteroatoms. The summed E-state index contributed by atoms with van der Waals surface area (Å²) in [7, 11) is 0. The molecule has 0 aromatic heterocycles. The quantitative estimate of drug-likeness (QED) is 0.601. The summed E-state index contributed by atoms with van der Waals surface area (Å²) in [5, 5.41) is 0. The van der Waals surface area contributed by atoms with Gasteiger partial charge in [-0.05, 0) is 37.7 Å². The van der Waals surface area contributed by atoms with E-state index in [1.807, 2.05) is 18.2 Å². The van der Waals surface area contributed by atoms with Crippen LogP contribution in [0.15, 0.2) is 36.4 Å². The van der Waals surface area contributed by atoms with Crippen LogP contribution in [0.4, 0.5) is 0 Å². The highest BCUT2D eigenvalue weighted by Crippen LogP contribution is 2.50. The van der Waals surface area contributed by atoms with E-state index in [1.165, 1.54) is 11.1 Å². The largest absolute Gasteiger partial charge is 0.293 e. The minimum Gasteiger partial charge on any atom is -0.293 e. The van der Waals surface area contributed by atoms with E-state index in [9.17, 15) is 4.79 Å². The maximum Gasteiger partial charge on any atom is 0.173 e. The molecule has 0 saturated heterocycles. The molecule has 1 aromatic carbocycles. The second kappa shape index (κ2) is 3.31. The van der Waals surface area contributed by atoms with Crippen molar-refractivity contribution in [3.05, 3.63) is 47.5 Å². The standard InChI is InChI=1S/C15H16O/c1-11-5-4-9-15(11)10-8-12-6-2-3-7-13(12)14(15)16/h2-3,6-7H,1,4-5,8-10H2/t15-/m0/s1. The monoisotopic (exact) mass is 212 g/mol. The van der Waals surface area contributed by atoms with Crippen LogP contribution >= 0.6 is 0 Å². The minimum atomic E-state index is -0.200. The molecule has 0 aliphatic heterocycles. The zero-order valence-electron chi connectivity index (χ0n) is 9.46. The molecule has 0 amide bonds. The van der Waals surface area contributed by atoms with Crippen LogP contribution in [0.1, 0.15) is 41.6 Å². The fourth-order valence-corrected chi connectivity index (χ4v) is 3.27. The van der Waals surface area contributed by atoms with E-state index in [2.05, 4.69) is 12.6 Å². The Hall–Kier alpha value is -1.37.